The molecule has 1 aromatic carbocycles. The fourth-order valence-corrected chi connectivity index (χ4v) is 2.95. The van der Waals surface area contributed by atoms with Crippen molar-refractivity contribution >= 4 is 23.4 Å². The lowest BCUT2D eigenvalue weighted by Crippen LogP contribution is -2.23. The molecule has 0 saturated heterocycles. The van der Waals surface area contributed by atoms with Crippen LogP contribution in [0.5, 0.6) is 0 Å². The van der Waals surface area contributed by atoms with Gasteiger partial charge in [0.25, 0.3) is 5.56 Å². The summed E-state index contributed by atoms with van der Waals surface area (Å²) in [6.45, 7) is 4.35. The topological polar surface area (TPSA) is 83.9 Å². The van der Waals surface area contributed by atoms with Gasteiger partial charge in [0.1, 0.15) is 22.8 Å². The second-order valence-electron chi connectivity index (χ2n) is 6.73. The highest BCUT2D eigenvalue weighted by Gasteiger charge is 2.13. The molecule has 0 aliphatic carbocycles. The summed E-state index contributed by atoms with van der Waals surface area (Å²) < 4.78 is 6.89. The van der Waals surface area contributed by atoms with Crippen LogP contribution in [0, 0.1) is 13.8 Å². The normalized spacial score (nSPS) is 11.2. The number of fused-ring (bicyclic) bond motifs is 1. The Morgan fingerprint density at radius 2 is 1.97 bits per heavy atom. The van der Waals surface area contributed by atoms with E-state index in [1.165, 1.54) is 10.6 Å². The van der Waals surface area contributed by atoms with Crippen molar-refractivity contribution in [3.05, 3.63) is 93.8 Å². The fourth-order valence-electron chi connectivity index (χ4n) is 2.95. The first-order valence-corrected chi connectivity index (χ1v) is 9.26. The van der Waals surface area contributed by atoms with E-state index >= 15 is 0 Å². The molecule has 0 atom stereocenters. The second-order valence-corrected chi connectivity index (χ2v) is 6.73. The number of rotatable bonds is 6. The molecule has 146 valence electrons. The van der Waals surface area contributed by atoms with Gasteiger partial charge in [-0.3, -0.25) is 14.6 Å². The van der Waals surface area contributed by atoms with Gasteiger partial charge in [-0.25, -0.2) is 4.98 Å². The van der Waals surface area contributed by atoms with Gasteiger partial charge in [0.05, 0.1) is 24.7 Å². The van der Waals surface area contributed by atoms with Crippen LogP contribution >= 0.6 is 0 Å². The molecule has 29 heavy (non-hydrogen) atoms. The lowest BCUT2D eigenvalue weighted by atomic mass is 10.2. The summed E-state index contributed by atoms with van der Waals surface area (Å²) in [4.78, 5) is 17.8. The summed E-state index contributed by atoms with van der Waals surface area (Å²) in [5, 5.41) is 7.44. The molecule has 0 amide bonds. The van der Waals surface area contributed by atoms with Crippen molar-refractivity contribution in [1.29, 1.82) is 0 Å². The zero-order valence-electron chi connectivity index (χ0n) is 16.2. The Balaban J connectivity index is 1.70. The van der Waals surface area contributed by atoms with Gasteiger partial charge < -0.3 is 9.73 Å². The molecule has 0 aliphatic rings. The van der Waals surface area contributed by atoms with E-state index in [0.29, 0.717) is 23.6 Å². The minimum absolute atomic E-state index is 0.199. The van der Waals surface area contributed by atoms with Gasteiger partial charge in [0.2, 0.25) is 0 Å². The molecule has 3 heterocycles. The number of aryl methyl sites for hydroxylation is 2. The molecular weight excluding hydrogens is 366 g/mol. The van der Waals surface area contributed by atoms with Crippen LogP contribution in [0.25, 0.3) is 5.65 Å². The first-order chi connectivity index (χ1) is 14.1. The number of hydrogen-bond acceptors (Lipinski definition) is 6. The van der Waals surface area contributed by atoms with Crippen molar-refractivity contribution < 1.29 is 4.42 Å². The van der Waals surface area contributed by atoms with E-state index in [1.54, 1.807) is 12.5 Å². The Labute approximate surface area is 167 Å². The van der Waals surface area contributed by atoms with E-state index in [4.69, 9.17) is 4.42 Å². The maximum Gasteiger partial charge on any atom is 0.268 e. The number of furan rings is 1. The maximum atomic E-state index is 13.1. The van der Waals surface area contributed by atoms with Crippen LogP contribution in [0.1, 0.15) is 22.5 Å². The first-order valence-electron chi connectivity index (χ1n) is 9.26. The lowest BCUT2D eigenvalue weighted by Gasteiger charge is -2.11. The van der Waals surface area contributed by atoms with E-state index < -0.39 is 0 Å². The van der Waals surface area contributed by atoms with Crippen molar-refractivity contribution in [2.24, 2.45) is 5.10 Å². The van der Waals surface area contributed by atoms with Crippen LogP contribution < -0.4 is 16.3 Å². The molecule has 0 bridgehead atoms. The molecule has 3 aromatic heterocycles. The molecular formula is C22H21N5O2. The largest absolute Gasteiger partial charge is 0.467 e. The van der Waals surface area contributed by atoms with Crippen molar-refractivity contribution in [3.63, 3.8) is 0 Å². The number of benzene rings is 1. The second kappa shape index (κ2) is 8.02. The van der Waals surface area contributed by atoms with E-state index in [1.807, 2.05) is 62.4 Å². The van der Waals surface area contributed by atoms with Crippen LogP contribution in [-0.2, 0) is 6.54 Å². The molecule has 0 aliphatic heterocycles. The summed E-state index contributed by atoms with van der Waals surface area (Å²) >= 11 is 0. The Kier molecular flexibility index (Phi) is 5.11. The number of pyridine rings is 1. The van der Waals surface area contributed by atoms with Gasteiger partial charge >= 0.3 is 0 Å². The zero-order chi connectivity index (χ0) is 20.2. The monoisotopic (exact) mass is 387 g/mol. The fraction of sp³-hybridized carbons (Fsp3) is 0.136. The van der Waals surface area contributed by atoms with Crippen molar-refractivity contribution in [1.82, 2.24) is 9.38 Å². The first kappa shape index (κ1) is 18.5. The van der Waals surface area contributed by atoms with Crippen molar-refractivity contribution in [3.8, 4) is 0 Å². The molecule has 0 spiro atoms. The summed E-state index contributed by atoms with van der Waals surface area (Å²) in [7, 11) is 0. The Bertz CT molecular complexity index is 1210. The number of nitrogens with one attached hydrogen (secondary N) is 2. The van der Waals surface area contributed by atoms with E-state index in [-0.39, 0.29) is 5.56 Å². The predicted octanol–water partition coefficient (Wildman–Crippen LogP) is 3.96. The molecule has 4 aromatic rings. The smallest absolute Gasteiger partial charge is 0.268 e. The lowest BCUT2D eigenvalue weighted by molar-refractivity contribution is 0.518. The minimum Gasteiger partial charge on any atom is -0.467 e. The minimum atomic E-state index is -0.199. The summed E-state index contributed by atoms with van der Waals surface area (Å²) in [5.41, 5.74) is 6.62. The Hall–Kier alpha value is -3.87. The van der Waals surface area contributed by atoms with Gasteiger partial charge in [0, 0.05) is 6.20 Å². The van der Waals surface area contributed by atoms with Gasteiger partial charge in [-0.05, 0) is 49.7 Å². The SMILES string of the molecule is Cc1ccc(N/N=C\c2c(NCc3ccco3)nc3c(C)cccn3c2=O)cc1. The third kappa shape index (κ3) is 4.03. The molecule has 7 heteroatoms. The Morgan fingerprint density at radius 1 is 1.14 bits per heavy atom. The maximum absolute atomic E-state index is 13.1. The summed E-state index contributed by atoms with van der Waals surface area (Å²) in [6, 6.07) is 15.3. The van der Waals surface area contributed by atoms with E-state index in [0.717, 1.165) is 22.6 Å². The molecule has 0 unspecified atom stereocenters. The number of aromatic nitrogens is 2. The standard InChI is InChI=1S/C22H21N5O2/c1-15-7-9-17(10-8-15)26-24-14-19-20(23-13-18-6-4-12-29-18)25-21-16(2)5-3-11-27(21)22(19)28/h3-12,14,23,26H,13H2,1-2H3/b24-14-. The van der Waals surface area contributed by atoms with E-state index in [2.05, 4.69) is 20.8 Å². The highest BCUT2D eigenvalue weighted by atomic mass is 16.3. The molecule has 0 saturated carbocycles. The van der Waals surface area contributed by atoms with Crippen LogP contribution in [0.15, 0.2) is 75.3 Å². The molecule has 4 rings (SSSR count). The quantitative estimate of drug-likeness (QED) is 0.386. The highest BCUT2D eigenvalue weighted by Crippen LogP contribution is 2.14. The van der Waals surface area contributed by atoms with Crippen LogP contribution in [0.4, 0.5) is 11.5 Å². The molecule has 2 N–H and O–H groups in total. The van der Waals surface area contributed by atoms with Crippen molar-refractivity contribution in [2.45, 2.75) is 20.4 Å². The molecule has 0 fully saturated rings. The number of hydrogen-bond donors (Lipinski definition) is 2. The van der Waals surface area contributed by atoms with Crippen LogP contribution in [0.3, 0.4) is 0 Å². The van der Waals surface area contributed by atoms with Crippen LogP contribution in [-0.4, -0.2) is 15.6 Å². The highest BCUT2D eigenvalue weighted by molar-refractivity contribution is 5.87. The van der Waals surface area contributed by atoms with Gasteiger partial charge in [0.15, 0.2) is 0 Å². The average Bonchev–Trinajstić information content (AvgIpc) is 3.24. The summed E-state index contributed by atoms with van der Waals surface area (Å²) in [6.07, 6.45) is 4.81. The van der Waals surface area contributed by atoms with E-state index in [9.17, 15) is 4.79 Å². The zero-order valence-corrected chi connectivity index (χ0v) is 16.2. The molecule has 7 nitrogen and oxygen atoms in total. The van der Waals surface area contributed by atoms with Gasteiger partial charge in [-0.2, -0.15) is 5.10 Å². The Morgan fingerprint density at radius 3 is 2.72 bits per heavy atom. The average molecular weight is 387 g/mol. The predicted molar refractivity (Wildman–Crippen MR) is 115 cm³/mol. The number of anilines is 2. The summed E-state index contributed by atoms with van der Waals surface area (Å²) in [5.74, 6) is 1.20. The van der Waals surface area contributed by atoms with Gasteiger partial charge in [-0.1, -0.05) is 23.8 Å². The van der Waals surface area contributed by atoms with Crippen molar-refractivity contribution in [2.75, 3.05) is 10.7 Å². The van der Waals surface area contributed by atoms with Gasteiger partial charge in [-0.15, -0.1) is 0 Å². The molecule has 0 radical (unpaired) electrons. The third-order valence-corrected chi connectivity index (χ3v) is 4.53. The number of hydrazone groups is 1. The number of nitrogens with zero attached hydrogens (tertiary/aromatic N) is 3. The third-order valence-electron chi connectivity index (χ3n) is 4.53. The van der Waals surface area contributed by atoms with Crippen LogP contribution in [0.2, 0.25) is 0 Å².